The largest absolute Gasteiger partial charge is 0.491 e. The molecule has 1 saturated heterocycles. The third-order valence-electron chi connectivity index (χ3n) is 16.6. The van der Waals surface area contributed by atoms with E-state index in [1.165, 1.54) is 76.6 Å². The third kappa shape index (κ3) is 22.9. The van der Waals surface area contributed by atoms with E-state index in [2.05, 4.69) is 56.4 Å². The van der Waals surface area contributed by atoms with Crippen molar-refractivity contribution >= 4 is 128 Å². The van der Waals surface area contributed by atoms with E-state index < -0.39 is 133 Å². The van der Waals surface area contributed by atoms with Gasteiger partial charge in [0, 0.05) is 86.9 Å². The molecule has 2 amide bonds. The van der Waals surface area contributed by atoms with Crippen LogP contribution in [0, 0.1) is 11.8 Å². The molecule has 0 bridgehead atoms. The van der Waals surface area contributed by atoms with Crippen molar-refractivity contribution in [3.05, 3.63) is 157 Å². The van der Waals surface area contributed by atoms with E-state index in [1.54, 1.807) is 81.9 Å². The maximum absolute atomic E-state index is 14.2. The van der Waals surface area contributed by atoms with Crippen molar-refractivity contribution in [1.29, 1.82) is 0 Å². The minimum Gasteiger partial charge on any atom is -0.491 e. The van der Waals surface area contributed by atoms with Crippen LogP contribution in [0.15, 0.2) is 102 Å². The summed E-state index contributed by atoms with van der Waals surface area (Å²) < 4.78 is 156. The summed E-state index contributed by atoms with van der Waals surface area (Å²) in [4.78, 5) is 107. The van der Waals surface area contributed by atoms with Gasteiger partial charge in [-0.3, -0.25) is 33.0 Å². The van der Waals surface area contributed by atoms with E-state index in [4.69, 9.17) is 53.5 Å². The van der Waals surface area contributed by atoms with Crippen LogP contribution in [-0.4, -0.2) is 188 Å². The Labute approximate surface area is 640 Å². The number of carboxylic acids is 1. The molecule has 2 aromatic heterocycles. The number of ketones is 1. The number of ether oxygens (including phenoxy) is 6. The lowest BCUT2D eigenvalue weighted by Gasteiger charge is -2.34. The first-order valence-electron chi connectivity index (χ1n) is 33.1. The summed E-state index contributed by atoms with van der Waals surface area (Å²) in [6.07, 6.45) is 3.58. The van der Waals surface area contributed by atoms with Crippen molar-refractivity contribution in [3.8, 4) is 29.1 Å². The van der Waals surface area contributed by atoms with E-state index in [0.717, 1.165) is 0 Å². The number of hydrogen-bond donors (Lipinski definition) is 11. The van der Waals surface area contributed by atoms with Gasteiger partial charge in [0.1, 0.15) is 77.5 Å². The number of azide groups is 1. The number of nitrogens with two attached hydrogens (primary N) is 1. The SMILES string of the molecule is CSS[C@@H](C)OC1C[C@H](n2cc(C#CCNC(=O)COCCOC(COc3cccc(C(=O)NCCCC(=O)c4ccc(C(=O)O)c(C5=c6cc7c(cc6Oc6cc8c(cc65)C(CS(=O)(=O)O)=CC(C)(C)N8)=NC(C)(C)C=C7CS(=O)(=O)O)c4)c3)N=[N+]=[N-])c3c(N)ncnc32)O[C@@H]1COP(=O)(O)OP(=O)(O)OP(=O)(O)O. The molecule has 1 fully saturated rings. The second-order valence-electron chi connectivity index (χ2n) is 26.2. The smallest absolute Gasteiger partial charge is 0.490 e. The number of aromatic carboxylic acids is 1. The average Bonchev–Trinajstić information content (AvgIpc) is 1.04. The predicted octanol–water partition coefficient (Wildman–Crippen LogP) is 7.21. The van der Waals surface area contributed by atoms with Gasteiger partial charge in [0.25, 0.3) is 26.1 Å². The van der Waals surface area contributed by atoms with Crippen LogP contribution in [0.2, 0.25) is 0 Å². The van der Waals surface area contributed by atoms with Crippen LogP contribution in [0.5, 0.6) is 17.2 Å². The molecule has 4 aliphatic rings. The quantitative estimate of drug-likeness (QED) is 0.00179. The third-order valence-corrected chi connectivity index (χ3v) is 23.7. The summed E-state index contributed by atoms with van der Waals surface area (Å²) in [5, 5.41) is 23.9. The molecule has 0 aliphatic carbocycles. The minimum absolute atomic E-state index is 0.00902. The molecule has 4 aromatic carbocycles. The van der Waals surface area contributed by atoms with Crippen LogP contribution in [-0.2, 0) is 70.8 Å². The number of Topliss-reactive ketones (excluding diaryl/α,β-unsaturated/α-hetero) is 1. The highest BCUT2D eigenvalue weighted by molar-refractivity contribution is 8.76. The van der Waals surface area contributed by atoms with E-state index in [1.807, 2.05) is 0 Å². The molecule has 0 spiro atoms. The second-order valence-corrected chi connectivity index (χ2v) is 36.2. The maximum Gasteiger partial charge on any atom is 0.490 e. The van der Waals surface area contributed by atoms with Gasteiger partial charge in [-0.2, -0.15) is 25.5 Å². The first kappa shape index (κ1) is 85.0. The number of anilines is 2. The van der Waals surface area contributed by atoms with E-state index in [9.17, 15) is 79.2 Å². The van der Waals surface area contributed by atoms with Crippen molar-refractivity contribution in [1.82, 2.24) is 25.2 Å². The van der Waals surface area contributed by atoms with Crippen LogP contribution < -0.4 is 41.7 Å². The molecule has 594 valence electrons. The monoisotopic (exact) mass is 1670 g/mol. The van der Waals surface area contributed by atoms with Gasteiger partial charge < -0.3 is 79.4 Å². The van der Waals surface area contributed by atoms with Crippen LogP contribution >= 0.6 is 45.1 Å². The Morgan fingerprint density at radius 2 is 1.63 bits per heavy atom. The standard InChI is InChI=1S/C66H74N11O27P3S4/c1-36(109-108-6)100-54-26-58(102-55(54)30-99-106(86,87)104-107(88,89)103-105(83,84)85)77-29-39(59-61(67)71-35-72-62(59)77)11-8-16-69-56(79)31-96-18-19-97-57(75-76-68)32-98-42-12-7-10-38(20-42)63(80)70-17-9-13-51(78)37-14-15-43(64(81)82)46(21-37)60-47-22-44-40(33-110(90,91)92)27-65(2,3)73-49(44)24-52(47)101-53-25-50-45(23-48(53)60)41(34-111(93,94)95)28-66(4,5)74-50/h7,10,12,14-15,20-25,27-29,35-36,54-55,57-58,73H,9,13,16-19,26,30-34H2,1-6H3,(H,69,79)(H,70,80)(H,81,82)(H,86,87)(H,88,89)(H2,67,71,72)(H2,83,84,85)(H,90,91,92)(H,93,94,95)/t36-,54?,55+,57?,58+/m0/s1. The molecule has 45 heteroatoms. The molecule has 0 radical (unpaired) electrons. The van der Waals surface area contributed by atoms with Crippen LogP contribution in [0.25, 0.3) is 38.2 Å². The summed E-state index contributed by atoms with van der Waals surface area (Å²) in [6, 6.07) is 16.3. The van der Waals surface area contributed by atoms with Crippen molar-refractivity contribution in [2.24, 2.45) is 10.1 Å². The first-order valence-corrected chi connectivity index (χ1v) is 43.5. The number of phosphoric ester groups is 1. The lowest BCUT2D eigenvalue weighted by atomic mass is 9.83. The number of benzene rings is 4. The van der Waals surface area contributed by atoms with Gasteiger partial charge in [0.2, 0.25) is 5.91 Å². The Bertz CT molecular complexity index is 5410. The topological polar surface area (TPSA) is 566 Å². The summed E-state index contributed by atoms with van der Waals surface area (Å²) in [7, 11) is -23.5. The highest BCUT2D eigenvalue weighted by Crippen LogP contribution is 2.66. The number of carboxylic acid groups (broad SMARTS) is 1. The highest BCUT2D eigenvalue weighted by Gasteiger charge is 2.45. The van der Waals surface area contributed by atoms with Crippen LogP contribution in [0.1, 0.15) is 119 Å². The Morgan fingerprint density at radius 1 is 0.892 bits per heavy atom. The Hall–Kier alpha value is -8.43. The van der Waals surface area contributed by atoms with Gasteiger partial charge in [-0.1, -0.05) is 62.8 Å². The fourth-order valence-electron chi connectivity index (χ4n) is 12.4. The summed E-state index contributed by atoms with van der Waals surface area (Å²) in [5.74, 6) is 1.70. The Balaban J connectivity index is 0.727. The van der Waals surface area contributed by atoms with Crippen molar-refractivity contribution in [3.63, 3.8) is 0 Å². The molecule has 7 atom stereocenters. The fraction of sp³-hybridized carbons (Fsp3) is 0.379. The zero-order valence-electron chi connectivity index (χ0n) is 59.5. The lowest BCUT2D eigenvalue weighted by molar-refractivity contribution is -0.126. The zero-order valence-corrected chi connectivity index (χ0v) is 65.5. The van der Waals surface area contributed by atoms with Gasteiger partial charge in [-0.25, -0.2) is 28.5 Å². The molecule has 4 unspecified atom stereocenters. The summed E-state index contributed by atoms with van der Waals surface area (Å²) >= 11 is 0. The van der Waals surface area contributed by atoms with Crippen molar-refractivity contribution < 1.29 is 125 Å². The average molecular weight is 1670 g/mol. The van der Waals surface area contributed by atoms with Crippen LogP contribution in [0.4, 0.5) is 11.5 Å². The number of carbonyl (C=O) groups is 4. The molecule has 111 heavy (non-hydrogen) atoms. The van der Waals surface area contributed by atoms with Crippen molar-refractivity contribution in [2.75, 3.05) is 74.9 Å². The normalized spacial score (nSPS) is 18.5. The van der Waals surface area contributed by atoms with Gasteiger partial charge in [0.05, 0.1) is 65.4 Å². The fourth-order valence-corrected chi connectivity index (χ4v) is 18.1. The van der Waals surface area contributed by atoms with Gasteiger partial charge in [-0.05, 0) is 112 Å². The maximum atomic E-state index is 14.2. The lowest BCUT2D eigenvalue weighted by Crippen LogP contribution is -2.33. The Kier molecular flexibility index (Phi) is 26.7. The number of hydrogen-bond acceptors (Lipinski definition) is 28. The van der Waals surface area contributed by atoms with Crippen molar-refractivity contribution in [2.45, 2.75) is 95.1 Å². The molecule has 38 nitrogen and oxygen atoms in total. The van der Waals surface area contributed by atoms with E-state index in [0.29, 0.717) is 27.6 Å². The molecule has 4 aliphatic heterocycles. The van der Waals surface area contributed by atoms with E-state index in [-0.39, 0.29) is 136 Å². The number of amides is 2. The number of nitrogen functional groups attached to an aromatic ring is 1. The number of carbonyl (C=O) groups excluding carboxylic acids is 3. The second kappa shape index (κ2) is 34.9. The molecule has 0 saturated carbocycles. The van der Waals surface area contributed by atoms with Gasteiger partial charge in [-0.15, -0.1) is 0 Å². The molecular formula is C66H74N11O27P3S4. The number of aromatic nitrogens is 3. The molecular weight excluding hydrogens is 1600 g/mol. The Morgan fingerprint density at radius 3 is 2.33 bits per heavy atom. The summed E-state index contributed by atoms with van der Waals surface area (Å²) in [5.41, 5.74) is 15.6. The predicted molar refractivity (Wildman–Crippen MR) is 402 cm³/mol. The van der Waals surface area contributed by atoms with Crippen LogP contribution in [0.3, 0.4) is 0 Å². The minimum atomic E-state index is -5.81. The molecule has 6 heterocycles. The molecule has 12 N–H and O–H groups in total. The number of nitrogens with one attached hydrogen (secondary N) is 3. The zero-order chi connectivity index (χ0) is 80.8. The number of rotatable bonds is 35. The summed E-state index contributed by atoms with van der Waals surface area (Å²) in [6.45, 7) is 6.67. The molecule has 6 aromatic rings. The van der Waals surface area contributed by atoms with Gasteiger partial charge >= 0.3 is 29.4 Å². The number of phosphoric acid groups is 3. The van der Waals surface area contributed by atoms with E-state index >= 15 is 0 Å². The molecule has 10 rings (SSSR count). The number of fused-ring (bicyclic) bond motifs is 5. The highest BCUT2D eigenvalue weighted by atomic mass is 33.1. The van der Waals surface area contributed by atoms with Gasteiger partial charge in [0.15, 0.2) is 12.0 Å². The first-order chi connectivity index (χ1) is 52.0. The number of nitrogens with zero attached hydrogens (tertiary/aromatic N) is 7.